The summed E-state index contributed by atoms with van der Waals surface area (Å²) in [4.78, 5) is 29.4. The second-order valence-corrected chi connectivity index (χ2v) is 8.75. The Bertz CT molecular complexity index is 947. The lowest BCUT2D eigenvalue weighted by atomic mass is 9.93. The summed E-state index contributed by atoms with van der Waals surface area (Å²) >= 11 is 6.06. The second kappa shape index (κ2) is 9.88. The first kappa shape index (κ1) is 22.6. The van der Waals surface area contributed by atoms with Crippen LogP contribution >= 0.6 is 11.6 Å². The van der Waals surface area contributed by atoms with Crippen LogP contribution in [0.4, 0.5) is 9.18 Å². The maximum atomic E-state index is 13.2. The maximum Gasteiger partial charge on any atom is 0.415 e. The largest absolute Gasteiger partial charge is 0.415 e. The summed E-state index contributed by atoms with van der Waals surface area (Å²) in [7, 11) is 1.66. The quantitative estimate of drug-likeness (QED) is 0.681. The zero-order chi connectivity index (χ0) is 22.7. The van der Waals surface area contributed by atoms with Crippen molar-refractivity contribution in [1.82, 2.24) is 9.80 Å². The second-order valence-electron chi connectivity index (χ2n) is 8.32. The maximum absolute atomic E-state index is 13.2. The summed E-state index contributed by atoms with van der Waals surface area (Å²) in [6.07, 6.45) is 1.13. The van der Waals surface area contributed by atoms with Crippen LogP contribution in [0.2, 0.25) is 5.02 Å². The number of hydrogen-bond donors (Lipinski definition) is 0. The lowest BCUT2D eigenvalue weighted by molar-refractivity contribution is -0.138. The van der Waals surface area contributed by atoms with Gasteiger partial charge in [-0.1, -0.05) is 23.7 Å². The number of amides is 2. The topological polar surface area (TPSA) is 59.1 Å². The first-order chi connectivity index (χ1) is 15.4. The van der Waals surface area contributed by atoms with Crippen molar-refractivity contribution in [3.05, 3.63) is 64.9 Å². The van der Waals surface area contributed by atoms with Gasteiger partial charge in [0, 0.05) is 37.7 Å². The Morgan fingerprint density at radius 1 is 1.12 bits per heavy atom. The molecule has 0 spiro atoms. The van der Waals surface area contributed by atoms with E-state index in [9.17, 15) is 14.0 Å². The van der Waals surface area contributed by atoms with Crippen LogP contribution in [0.15, 0.2) is 48.5 Å². The monoisotopic (exact) mass is 460 g/mol. The van der Waals surface area contributed by atoms with Crippen LogP contribution in [0.3, 0.4) is 0 Å². The highest BCUT2D eigenvalue weighted by atomic mass is 35.5. The van der Waals surface area contributed by atoms with Crippen molar-refractivity contribution in [1.29, 1.82) is 0 Å². The summed E-state index contributed by atoms with van der Waals surface area (Å²) in [6, 6.07) is 12.5. The standard InChI is InChI=1S/C24H26ClFN2O4/c1-27(24(30)32-20-10-8-19(26)9-11-20)22-14-28(23(29)17-3-2-12-31-15-17)13-21(22)16-4-6-18(25)7-5-16/h4-11,17,21-22H,2-3,12-15H2,1H3/t17?,21-,22+/m0/s1. The van der Waals surface area contributed by atoms with E-state index in [0.29, 0.717) is 31.3 Å². The van der Waals surface area contributed by atoms with E-state index in [1.165, 1.54) is 29.2 Å². The molecule has 3 atom stereocenters. The number of halogens is 2. The van der Waals surface area contributed by atoms with Crippen molar-refractivity contribution in [2.75, 3.05) is 33.4 Å². The summed E-state index contributed by atoms with van der Waals surface area (Å²) in [5, 5.41) is 0.625. The average molecular weight is 461 g/mol. The molecule has 0 bridgehead atoms. The molecule has 4 rings (SSSR count). The van der Waals surface area contributed by atoms with E-state index in [-0.39, 0.29) is 29.5 Å². The van der Waals surface area contributed by atoms with E-state index in [1.807, 2.05) is 29.2 Å². The summed E-state index contributed by atoms with van der Waals surface area (Å²) in [5.41, 5.74) is 0.996. The molecule has 0 aliphatic carbocycles. The molecule has 2 saturated heterocycles. The molecule has 0 radical (unpaired) electrons. The van der Waals surface area contributed by atoms with Crippen LogP contribution in [0, 0.1) is 11.7 Å². The molecule has 1 unspecified atom stereocenters. The van der Waals surface area contributed by atoms with Crippen molar-refractivity contribution < 1.29 is 23.5 Å². The molecule has 2 aromatic carbocycles. The van der Waals surface area contributed by atoms with Gasteiger partial charge in [0.2, 0.25) is 5.91 Å². The predicted molar refractivity (Wildman–Crippen MR) is 118 cm³/mol. The zero-order valence-electron chi connectivity index (χ0n) is 17.9. The first-order valence-electron chi connectivity index (χ1n) is 10.7. The zero-order valence-corrected chi connectivity index (χ0v) is 18.6. The fraction of sp³-hybridized carbons (Fsp3) is 0.417. The summed E-state index contributed by atoms with van der Waals surface area (Å²) < 4.78 is 24.1. The van der Waals surface area contributed by atoms with E-state index in [0.717, 1.165) is 18.4 Å². The molecule has 2 amide bonds. The van der Waals surface area contributed by atoms with E-state index >= 15 is 0 Å². The van der Waals surface area contributed by atoms with Gasteiger partial charge >= 0.3 is 6.09 Å². The van der Waals surface area contributed by atoms with Crippen molar-refractivity contribution >= 4 is 23.6 Å². The Hall–Kier alpha value is -2.64. The molecule has 0 N–H and O–H groups in total. The van der Waals surface area contributed by atoms with Gasteiger partial charge in [0.25, 0.3) is 0 Å². The fourth-order valence-corrected chi connectivity index (χ4v) is 4.53. The Morgan fingerprint density at radius 2 is 1.84 bits per heavy atom. The molecular weight excluding hydrogens is 435 g/mol. The molecular formula is C24H26ClFN2O4. The van der Waals surface area contributed by atoms with Crippen molar-refractivity contribution in [3.8, 4) is 5.75 Å². The average Bonchev–Trinajstić information content (AvgIpc) is 3.26. The normalized spacial score (nSPS) is 23.1. The minimum absolute atomic E-state index is 0.0615. The van der Waals surface area contributed by atoms with Gasteiger partial charge in [-0.05, 0) is 54.8 Å². The van der Waals surface area contributed by atoms with Gasteiger partial charge < -0.3 is 19.3 Å². The van der Waals surface area contributed by atoms with Gasteiger partial charge in [0.15, 0.2) is 0 Å². The lowest BCUT2D eigenvalue weighted by Crippen LogP contribution is -2.44. The molecule has 2 heterocycles. The number of benzene rings is 2. The number of carbonyl (C=O) groups excluding carboxylic acids is 2. The number of ether oxygens (including phenoxy) is 2. The van der Waals surface area contributed by atoms with E-state index in [2.05, 4.69) is 0 Å². The van der Waals surface area contributed by atoms with Crippen LogP contribution in [0.1, 0.15) is 24.3 Å². The Morgan fingerprint density at radius 3 is 2.50 bits per heavy atom. The molecule has 8 heteroatoms. The van der Waals surface area contributed by atoms with Crippen LogP contribution in [0.5, 0.6) is 5.75 Å². The number of nitrogens with zero attached hydrogens (tertiary/aromatic N) is 2. The Kier molecular flexibility index (Phi) is 6.96. The molecule has 2 aliphatic heterocycles. The molecule has 0 saturated carbocycles. The Labute approximate surface area is 191 Å². The highest BCUT2D eigenvalue weighted by molar-refractivity contribution is 6.30. The molecule has 0 aromatic heterocycles. The van der Waals surface area contributed by atoms with E-state index in [4.69, 9.17) is 21.1 Å². The van der Waals surface area contributed by atoms with Gasteiger partial charge in [-0.15, -0.1) is 0 Å². The smallest absolute Gasteiger partial charge is 0.410 e. The van der Waals surface area contributed by atoms with E-state index in [1.54, 1.807) is 7.05 Å². The third-order valence-corrected chi connectivity index (χ3v) is 6.46. The number of carbonyl (C=O) groups is 2. The highest BCUT2D eigenvalue weighted by Gasteiger charge is 2.42. The van der Waals surface area contributed by atoms with Crippen LogP contribution in [-0.2, 0) is 9.53 Å². The molecule has 32 heavy (non-hydrogen) atoms. The molecule has 2 aliphatic rings. The van der Waals surface area contributed by atoms with Crippen LogP contribution in [-0.4, -0.2) is 61.2 Å². The molecule has 170 valence electrons. The van der Waals surface area contributed by atoms with Gasteiger partial charge in [0.1, 0.15) is 11.6 Å². The van der Waals surface area contributed by atoms with Crippen molar-refractivity contribution in [2.45, 2.75) is 24.8 Å². The number of hydrogen-bond acceptors (Lipinski definition) is 4. The lowest BCUT2D eigenvalue weighted by Gasteiger charge is -2.28. The third-order valence-electron chi connectivity index (χ3n) is 6.21. The van der Waals surface area contributed by atoms with Gasteiger partial charge in [0.05, 0.1) is 18.6 Å². The number of likely N-dealkylation sites (tertiary alicyclic amines) is 1. The summed E-state index contributed by atoms with van der Waals surface area (Å²) in [6.45, 7) is 2.03. The number of likely N-dealkylation sites (N-methyl/N-ethyl adjacent to an activating group) is 1. The highest BCUT2D eigenvalue weighted by Crippen LogP contribution is 2.33. The minimum Gasteiger partial charge on any atom is -0.410 e. The summed E-state index contributed by atoms with van der Waals surface area (Å²) in [5.74, 6) is -0.322. The van der Waals surface area contributed by atoms with Gasteiger partial charge in [-0.2, -0.15) is 0 Å². The van der Waals surface area contributed by atoms with E-state index < -0.39 is 11.9 Å². The SMILES string of the molecule is CN(C(=O)Oc1ccc(F)cc1)[C@@H]1CN(C(=O)C2CCCOC2)C[C@H]1c1ccc(Cl)cc1. The first-order valence-corrected chi connectivity index (χ1v) is 11.1. The Balaban J connectivity index is 1.53. The predicted octanol–water partition coefficient (Wildman–Crippen LogP) is 4.33. The van der Waals surface area contributed by atoms with Crippen LogP contribution < -0.4 is 4.74 Å². The molecule has 2 fully saturated rings. The van der Waals surface area contributed by atoms with Gasteiger partial charge in [-0.3, -0.25) is 4.79 Å². The van der Waals surface area contributed by atoms with Gasteiger partial charge in [-0.25, -0.2) is 9.18 Å². The minimum atomic E-state index is -0.559. The van der Waals surface area contributed by atoms with Crippen molar-refractivity contribution in [3.63, 3.8) is 0 Å². The van der Waals surface area contributed by atoms with Crippen molar-refractivity contribution in [2.24, 2.45) is 5.92 Å². The van der Waals surface area contributed by atoms with Crippen LogP contribution in [0.25, 0.3) is 0 Å². The molecule has 2 aromatic rings. The fourth-order valence-electron chi connectivity index (χ4n) is 4.40. The molecule has 6 nitrogen and oxygen atoms in total. The number of rotatable bonds is 4. The third kappa shape index (κ3) is 5.05.